The zero-order chi connectivity index (χ0) is 22.5. The molecule has 4 amide bonds. The number of carboxylic acid groups (broad SMARTS) is 1. The Labute approximate surface area is 177 Å². The molecule has 0 unspecified atom stereocenters. The van der Waals surface area contributed by atoms with E-state index in [0.717, 1.165) is 4.90 Å². The maximum absolute atomic E-state index is 12.9. The number of nitrogens with zero attached hydrogens (tertiary/aromatic N) is 1. The lowest BCUT2D eigenvalue weighted by Gasteiger charge is -2.26. The number of anilines is 1. The van der Waals surface area contributed by atoms with Crippen LogP contribution in [0, 0.1) is 0 Å². The van der Waals surface area contributed by atoms with Crippen LogP contribution in [0.5, 0.6) is 11.5 Å². The number of aromatic carboxylic acids is 1. The number of barbiturate groups is 1. The highest BCUT2D eigenvalue weighted by Gasteiger charge is 2.36. The normalized spacial score (nSPS) is 14.9. The summed E-state index contributed by atoms with van der Waals surface area (Å²) in [6.45, 7) is 3.84. The van der Waals surface area contributed by atoms with Crippen LogP contribution in [0.1, 0.15) is 15.9 Å². The maximum atomic E-state index is 12.9. The Bertz CT molecular complexity index is 1100. The molecule has 9 heteroatoms. The smallest absolute Gasteiger partial charge is 0.335 e. The third kappa shape index (κ3) is 4.45. The highest BCUT2D eigenvalue weighted by molar-refractivity contribution is 6.39. The van der Waals surface area contributed by atoms with Crippen molar-refractivity contribution >= 4 is 35.6 Å². The Morgan fingerprint density at radius 2 is 1.84 bits per heavy atom. The molecule has 0 radical (unpaired) electrons. The van der Waals surface area contributed by atoms with Gasteiger partial charge in [0.2, 0.25) is 0 Å². The van der Waals surface area contributed by atoms with E-state index in [4.69, 9.17) is 9.47 Å². The third-order valence-corrected chi connectivity index (χ3v) is 4.32. The van der Waals surface area contributed by atoms with E-state index in [1.165, 1.54) is 37.5 Å². The van der Waals surface area contributed by atoms with Crippen molar-refractivity contribution in [3.05, 3.63) is 71.8 Å². The predicted molar refractivity (Wildman–Crippen MR) is 108 cm³/mol. The molecule has 0 bridgehead atoms. The molecule has 1 aliphatic heterocycles. The summed E-state index contributed by atoms with van der Waals surface area (Å²) in [5.74, 6) is -2.28. The van der Waals surface area contributed by atoms with Crippen LogP contribution in [-0.4, -0.2) is 37.5 Å². The Morgan fingerprint density at radius 3 is 2.45 bits per heavy atom. The van der Waals surface area contributed by atoms with E-state index >= 15 is 0 Å². The van der Waals surface area contributed by atoms with Crippen LogP contribution in [0.3, 0.4) is 0 Å². The van der Waals surface area contributed by atoms with Crippen LogP contribution in [0.4, 0.5) is 10.5 Å². The molecule has 0 saturated carbocycles. The summed E-state index contributed by atoms with van der Waals surface area (Å²) in [5, 5.41) is 13.0. The van der Waals surface area contributed by atoms with Crippen LogP contribution in [0.15, 0.2) is 60.7 Å². The quantitative estimate of drug-likeness (QED) is 0.406. The first-order chi connectivity index (χ1) is 14.8. The molecule has 1 N–H and O–H groups in total. The van der Waals surface area contributed by atoms with Crippen LogP contribution in [0.25, 0.3) is 6.08 Å². The second kappa shape index (κ2) is 8.95. The van der Waals surface area contributed by atoms with Gasteiger partial charge in [-0.15, -0.1) is 0 Å². The van der Waals surface area contributed by atoms with E-state index in [0.29, 0.717) is 17.1 Å². The van der Waals surface area contributed by atoms with Gasteiger partial charge in [0.1, 0.15) is 12.2 Å². The largest absolute Gasteiger partial charge is 0.545 e. The van der Waals surface area contributed by atoms with Gasteiger partial charge in [0, 0.05) is 0 Å². The first-order valence-electron chi connectivity index (χ1n) is 9.00. The van der Waals surface area contributed by atoms with Crippen molar-refractivity contribution in [1.29, 1.82) is 0 Å². The van der Waals surface area contributed by atoms with Gasteiger partial charge >= 0.3 is 6.03 Å². The standard InChI is InChI=1S/C22H18N2O7/c1-3-10-31-17-9-4-13(12-18(17)30-2)11-16-19(25)23-22(29)24(20(16)26)15-7-5-14(6-8-15)21(27)28/h3-9,11-12H,1,10H2,2H3,(H,27,28)(H,23,25,29)/p-1/b16-11-. The summed E-state index contributed by atoms with van der Waals surface area (Å²) in [6, 6.07) is 8.78. The number of carboxylic acids is 1. The zero-order valence-corrected chi connectivity index (χ0v) is 16.4. The number of carbonyl (C=O) groups is 4. The summed E-state index contributed by atoms with van der Waals surface area (Å²) in [6.07, 6.45) is 2.89. The summed E-state index contributed by atoms with van der Waals surface area (Å²) in [4.78, 5) is 49.1. The number of hydrogen-bond donors (Lipinski definition) is 1. The van der Waals surface area contributed by atoms with Gasteiger partial charge < -0.3 is 19.4 Å². The van der Waals surface area contributed by atoms with E-state index in [2.05, 4.69) is 11.9 Å². The number of methoxy groups -OCH3 is 1. The maximum Gasteiger partial charge on any atom is 0.335 e. The van der Waals surface area contributed by atoms with Gasteiger partial charge in [-0.3, -0.25) is 14.9 Å². The minimum Gasteiger partial charge on any atom is -0.545 e. The average molecular weight is 421 g/mol. The van der Waals surface area contributed by atoms with Crippen molar-refractivity contribution in [3.8, 4) is 11.5 Å². The van der Waals surface area contributed by atoms with Crippen molar-refractivity contribution < 1.29 is 33.8 Å². The lowest BCUT2D eigenvalue weighted by molar-refractivity contribution is -0.255. The van der Waals surface area contributed by atoms with Crippen molar-refractivity contribution in [2.45, 2.75) is 0 Å². The van der Waals surface area contributed by atoms with Gasteiger partial charge in [0.25, 0.3) is 11.8 Å². The minimum absolute atomic E-state index is 0.0941. The Kier molecular flexibility index (Phi) is 6.15. The molecule has 1 heterocycles. The second-order valence-electron chi connectivity index (χ2n) is 6.30. The zero-order valence-electron chi connectivity index (χ0n) is 16.4. The first-order valence-corrected chi connectivity index (χ1v) is 9.00. The molecule has 31 heavy (non-hydrogen) atoms. The number of imide groups is 2. The molecule has 0 spiro atoms. The molecular weight excluding hydrogens is 404 g/mol. The van der Waals surface area contributed by atoms with Gasteiger partial charge in [0.05, 0.1) is 18.8 Å². The number of amides is 4. The Morgan fingerprint density at radius 1 is 1.13 bits per heavy atom. The molecule has 1 aliphatic rings. The molecule has 158 valence electrons. The van der Waals surface area contributed by atoms with Crippen LogP contribution in [0.2, 0.25) is 0 Å². The van der Waals surface area contributed by atoms with Crippen molar-refractivity contribution in [1.82, 2.24) is 5.32 Å². The van der Waals surface area contributed by atoms with Crippen LogP contribution < -0.4 is 24.8 Å². The predicted octanol–water partition coefficient (Wildman–Crippen LogP) is 1.29. The number of urea groups is 1. The summed E-state index contributed by atoms with van der Waals surface area (Å²) in [7, 11) is 1.45. The molecule has 0 atom stereocenters. The van der Waals surface area contributed by atoms with Gasteiger partial charge in [-0.2, -0.15) is 0 Å². The molecule has 1 saturated heterocycles. The number of carbonyl (C=O) groups excluding carboxylic acids is 4. The van der Waals surface area contributed by atoms with E-state index in [-0.39, 0.29) is 23.4 Å². The van der Waals surface area contributed by atoms with Crippen LogP contribution in [-0.2, 0) is 9.59 Å². The third-order valence-electron chi connectivity index (χ3n) is 4.32. The molecule has 0 aliphatic carbocycles. The Balaban J connectivity index is 1.95. The number of benzene rings is 2. The first kappa shape index (κ1) is 21.3. The molecule has 9 nitrogen and oxygen atoms in total. The van der Waals surface area contributed by atoms with Crippen LogP contribution >= 0.6 is 0 Å². The minimum atomic E-state index is -1.40. The highest BCUT2D eigenvalue weighted by Crippen LogP contribution is 2.30. The van der Waals surface area contributed by atoms with E-state index in [1.807, 2.05) is 0 Å². The monoisotopic (exact) mass is 421 g/mol. The van der Waals surface area contributed by atoms with Crippen molar-refractivity contribution in [2.75, 3.05) is 18.6 Å². The van der Waals surface area contributed by atoms with Gasteiger partial charge in [-0.05, 0) is 41.5 Å². The summed E-state index contributed by atoms with van der Waals surface area (Å²) < 4.78 is 10.7. The number of hydrogen-bond acceptors (Lipinski definition) is 7. The number of rotatable bonds is 7. The van der Waals surface area contributed by atoms with Crippen molar-refractivity contribution in [3.63, 3.8) is 0 Å². The SMILES string of the molecule is C=CCOc1ccc(/C=C2/C(=O)NC(=O)N(c3ccc(C(=O)[O-])cc3)C2=O)cc1OC. The fourth-order valence-electron chi connectivity index (χ4n) is 2.85. The molecule has 2 aromatic carbocycles. The Hall–Kier alpha value is -4.40. The molecule has 0 aromatic heterocycles. The van der Waals surface area contributed by atoms with E-state index < -0.39 is 23.8 Å². The lowest BCUT2D eigenvalue weighted by Crippen LogP contribution is -2.54. The fraction of sp³-hybridized carbons (Fsp3) is 0.0909. The molecular formula is C22H17N2O7-. The van der Waals surface area contributed by atoms with Gasteiger partial charge in [-0.1, -0.05) is 30.9 Å². The summed E-state index contributed by atoms with van der Waals surface area (Å²) >= 11 is 0. The van der Waals surface area contributed by atoms with Crippen molar-refractivity contribution in [2.24, 2.45) is 0 Å². The van der Waals surface area contributed by atoms with E-state index in [1.54, 1.807) is 24.3 Å². The molecule has 2 aromatic rings. The number of nitrogens with one attached hydrogen (secondary N) is 1. The van der Waals surface area contributed by atoms with Gasteiger partial charge in [0.15, 0.2) is 11.5 Å². The second-order valence-corrected chi connectivity index (χ2v) is 6.30. The molecule has 3 rings (SSSR count). The average Bonchev–Trinajstić information content (AvgIpc) is 2.75. The highest BCUT2D eigenvalue weighted by atomic mass is 16.5. The number of ether oxygens (including phenoxy) is 2. The fourth-order valence-corrected chi connectivity index (χ4v) is 2.85. The van der Waals surface area contributed by atoms with Gasteiger partial charge in [-0.25, -0.2) is 9.69 Å². The summed E-state index contributed by atoms with van der Waals surface area (Å²) in [5.41, 5.74) is 0.149. The topological polar surface area (TPSA) is 125 Å². The van der Waals surface area contributed by atoms with E-state index in [9.17, 15) is 24.3 Å². The molecule has 1 fully saturated rings. The lowest BCUT2D eigenvalue weighted by atomic mass is 10.1.